The third-order valence-corrected chi connectivity index (χ3v) is 2.18. The van der Waals surface area contributed by atoms with Gasteiger partial charge in [-0.1, -0.05) is 24.3 Å². The second-order valence-corrected chi connectivity index (χ2v) is 3.11. The van der Waals surface area contributed by atoms with Gasteiger partial charge < -0.3 is 15.7 Å². The molecule has 0 bridgehead atoms. The van der Waals surface area contributed by atoms with Crippen molar-refractivity contribution >= 4 is 10.8 Å². The molecule has 0 aromatic heterocycles. The molecule has 0 spiro atoms. The highest BCUT2D eigenvalue weighted by atomic mass is 16.3. The zero-order valence-corrected chi connectivity index (χ0v) is 7.78. The van der Waals surface area contributed by atoms with Crippen molar-refractivity contribution in [1.82, 2.24) is 0 Å². The Kier molecular flexibility index (Phi) is 2.63. The first-order chi connectivity index (χ1) is 6.20. The Morgan fingerprint density at radius 1 is 1.00 bits per heavy atom. The second-order valence-electron chi connectivity index (χ2n) is 3.11. The molecule has 0 saturated heterocycles. The summed E-state index contributed by atoms with van der Waals surface area (Å²) in [6, 6.07) is 8.80. The topological polar surface area (TPSA) is 72.0 Å². The van der Waals surface area contributed by atoms with E-state index in [2.05, 4.69) is 0 Å². The van der Waals surface area contributed by atoms with Crippen molar-refractivity contribution in [1.29, 1.82) is 0 Å². The Balaban J connectivity index is 0.000000980. The Morgan fingerprint density at radius 2 is 1.57 bits per heavy atom. The van der Waals surface area contributed by atoms with Gasteiger partial charge >= 0.3 is 0 Å². The lowest BCUT2D eigenvalue weighted by molar-refractivity contribution is 0.466. The molecule has 0 aliphatic carbocycles. The van der Waals surface area contributed by atoms with Gasteiger partial charge in [0.1, 0.15) is 11.5 Å². The van der Waals surface area contributed by atoms with Gasteiger partial charge in [-0.25, -0.2) is 0 Å². The van der Waals surface area contributed by atoms with Crippen molar-refractivity contribution in [2.45, 2.75) is 6.92 Å². The van der Waals surface area contributed by atoms with Crippen LogP contribution in [-0.4, -0.2) is 15.7 Å². The van der Waals surface area contributed by atoms with Crippen molar-refractivity contribution in [2.24, 2.45) is 0 Å². The average Bonchev–Trinajstić information content (AvgIpc) is 2.15. The SMILES string of the molecule is Cc1cc(O)c2ccccc2c1O.O. The monoisotopic (exact) mass is 192 g/mol. The molecule has 0 fully saturated rings. The van der Waals surface area contributed by atoms with Gasteiger partial charge in [0.15, 0.2) is 0 Å². The van der Waals surface area contributed by atoms with E-state index in [1.807, 2.05) is 12.1 Å². The lowest BCUT2D eigenvalue weighted by atomic mass is 10.1. The molecule has 0 aliphatic heterocycles. The third-order valence-electron chi connectivity index (χ3n) is 2.18. The standard InChI is InChI=1S/C11H10O2.H2O/c1-7-6-10(12)8-4-2-3-5-9(8)11(7)13;/h2-6,12-13H,1H3;1H2. The molecule has 3 nitrogen and oxygen atoms in total. The van der Waals surface area contributed by atoms with E-state index in [9.17, 15) is 10.2 Å². The average molecular weight is 192 g/mol. The van der Waals surface area contributed by atoms with Crippen LogP contribution in [0.2, 0.25) is 0 Å². The third kappa shape index (κ3) is 1.38. The Bertz CT molecular complexity index is 463. The number of hydrogen-bond donors (Lipinski definition) is 2. The van der Waals surface area contributed by atoms with E-state index in [-0.39, 0.29) is 17.0 Å². The van der Waals surface area contributed by atoms with Crippen LogP contribution < -0.4 is 0 Å². The molecule has 0 saturated carbocycles. The van der Waals surface area contributed by atoms with E-state index in [4.69, 9.17) is 0 Å². The molecule has 3 heteroatoms. The lowest BCUT2D eigenvalue weighted by Crippen LogP contribution is -1.79. The predicted octanol–water partition coefficient (Wildman–Crippen LogP) is 1.73. The van der Waals surface area contributed by atoms with Crippen LogP contribution in [0.4, 0.5) is 0 Å². The Morgan fingerprint density at radius 3 is 2.21 bits per heavy atom. The molecule has 4 N–H and O–H groups in total. The minimum Gasteiger partial charge on any atom is -0.507 e. The van der Waals surface area contributed by atoms with Crippen LogP contribution in [0.3, 0.4) is 0 Å². The number of rotatable bonds is 0. The first-order valence-electron chi connectivity index (χ1n) is 4.10. The van der Waals surface area contributed by atoms with Crippen molar-refractivity contribution < 1.29 is 15.7 Å². The van der Waals surface area contributed by atoms with Crippen LogP contribution in [0, 0.1) is 6.92 Å². The molecule has 0 heterocycles. The molecular weight excluding hydrogens is 180 g/mol. The van der Waals surface area contributed by atoms with E-state index in [1.54, 1.807) is 25.1 Å². The molecule has 14 heavy (non-hydrogen) atoms. The largest absolute Gasteiger partial charge is 0.507 e. The maximum Gasteiger partial charge on any atom is 0.126 e. The maximum absolute atomic E-state index is 9.67. The summed E-state index contributed by atoms with van der Waals surface area (Å²) in [6.45, 7) is 1.77. The van der Waals surface area contributed by atoms with Crippen LogP contribution in [0.25, 0.3) is 10.8 Å². The van der Waals surface area contributed by atoms with Gasteiger partial charge in [0, 0.05) is 10.8 Å². The number of hydrogen-bond acceptors (Lipinski definition) is 2. The van der Waals surface area contributed by atoms with Crippen LogP contribution >= 0.6 is 0 Å². The van der Waals surface area contributed by atoms with Gasteiger partial charge in [-0.05, 0) is 18.6 Å². The maximum atomic E-state index is 9.67. The summed E-state index contributed by atoms with van der Waals surface area (Å²) in [5.41, 5.74) is 0.691. The first-order valence-corrected chi connectivity index (χ1v) is 4.10. The van der Waals surface area contributed by atoms with Gasteiger partial charge in [-0.15, -0.1) is 0 Å². The quantitative estimate of drug-likeness (QED) is 0.624. The van der Waals surface area contributed by atoms with Gasteiger partial charge in [0.05, 0.1) is 0 Å². The zero-order chi connectivity index (χ0) is 9.42. The normalized spacial score (nSPS) is 9.79. The van der Waals surface area contributed by atoms with Gasteiger partial charge in [-0.2, -0.15) is 0 Å². The summed E-state index contributed by atoms with van der Waals surface area (Å²) in [7, 11) is 0. The highest BCUT2D eigenvalue weighted by Crippen LogP contribution is 2.34. The minimum atomic E-state index is 0. The van der Waals surface area contributed by atoms with Gasteiger partial charge in [0.2, 0.25) is 0 Å². The van der Waals surface area contributed by atoms with Crippen LogP contribution in [0.15, 0.2) is 30.3 Å². The second kappa shape index (κ2) is 3.55. The highest BCUT2D eigenvalue weighted by molar-refractivity contribution is 5.93. The summed E-state index contributed by atoms with van der Waals surface area (Å²) in [6.07, 6.45) is 0. The number of benzene rings is 2. The zero-order valence-electron chi connectivity index (χ0n) is 7.78. The summed E-state index contributed by atoms with van der Waals surface area (Å²) >= 11 is 0. The summed E-state index contributed by atoms with van der Waals surface area (Å²) in [5.74, 6) is 0.458. The van der Waals surface area contributed by atoms with Crippen molar-refractivity contribution in [3.8, 4) is 11.5 Å². The number of aromatic hydroxyl groups is 2. The number of phenols is 2. The molecule has 0 aliphatic rings. The van der Waals surface area contributed by atoms with E-state index in [0.29, 0.717) is 16.3 Å². The fourth-order valence-corrected chi connectivity index (χ4v) is 1.48. The molecule has 74 valence electrons. The summed E-state index contributed by atoms with van der Waals surface area (Å²) in [5, 5.41) is 20.6. The van der Waals surface area contributed by atoms with Crippen molar-refractivity contribution in [3.63, 3.8) is 0 Å². The fourth-order valence-electron chi connectivity index (χ4n) is 1.48. The predicted molar refractivity (Wildman–Crippen MR) is 55.6 cm³/mol. The van der Waals surface area contributed by atoms with Gasteiger partial charge in [0.25, 0.3) is 0 Å². The van der Waals surface area contributed by atoms with E-state index < -0.39 is 0 Å². The van der Waals surface area contributed by atoms with E-state index in [0.717, 1.165) is 0 Å². The lowest BCUT2D eigenvalue weighted by Gasteiger charge is -2.05. The molecule has 0 radical (unpaired) electrons. The van der Waals surface area contributed by atoms with Crippen LogP contribution in [0.5, 0.6) is 11.5 Å². The first kappa shape index (κ1) is 10.3. The number of aryl methyl sites for hydroxylation is 1. The smallest absolute Gasteiger partial charge is 0.126 e. The molecule has 0 amide bonds. The molecule has 2 aromatic rings. The molecule has 0 unspecified atom stereocenters. The Hall–Kier alpha value is -1.74. The minimum absolute atomic E-state index is 0. The summed E-state index contributed by atoms with van der Waals surface area (Å²) in [4.78, 5) is 0. The van der Waals surface area contributed by atoms with Crippen molar-refractivity contribution in [2.75, 3.05) is 0 Å². The highest BCUT2D eigenvalue weighted by Gasteiger charge is 2.06. The molecule has 0 atom stereocenters. The fraction of sp³-hybridized carbons (Fsp3) is 0.0909. The van der Waals surface area contributed by atoms with Crippen molar-refractivity contribution in [3.05, 3.63) is 35.9 Å². The van der Waals surface area contributed by atoms with Crippen LogP contribution in [-0.2, 0) is 0 Å². The Labute approximate surface area is 81.5 Å². The number of fused-ring (bicyclic) bond motifs is 1. The molecular formula is C11H12O3. The molecule has 2 rings (SSSR count). The molecule has 2 aromatic carbocycles. The van der Waals surface area contributed by atoms with E-state index in [1.165, 1.54) is 0 Å². The summed E-state index contributed by atoms with van der Waals surface area (Å²) < 4.78 is 0. The van der Waals surface area contributed by atoms with Crippen LogP contribution in [0.1, 0.15) is 5.56 Å². The number of phenolic OH excluding ortho intramolecular Hbond substituents is 2. The van der Waals surface area contributed by atoms with Gasteiger partial charge in [-0.3, -0.25) is 0 Å². The van der Waals surface area contributed by atoms with E-state index >= 15 is 0 Å².